The summed E-state index contributed by atoms with van der Waals surface area (Å²) in [5, 5.41) is 19.8. The summed E-state index contributed by atoms with van der Waals surface area (Å²) in [4.78, 5) is 11.0. The lowest BCUT2D eigenvalue weighted by Gasteiger charge is -2.28. The number of nitrogens with one attached hydrogen (secondary N) is 1. The average molecular weight is 356 g/mol. The van der Waals surface area contributed by atoms with E-state index in [2.05, 4.69) is 15.4 Å². The van der Waals surface area contributed by atoms with Crippen molar-refractivity contribution in [3.8, 4) is 5.88 Å². The van der Waals surface area contributed by atoms with Gasteiger partial charge in [0.15, 0.2) is 0 Å². The minimum atomic E-state index is -1.13. The van der Waals surface area contributed by atoms with Gasteiger partial charge in [-0.3, -0.25) is 0 Å². The van der Waals surface area contributed by atoms with E-state index >= 15 is 0 Å². The predicted molar refractivity (Wildman–Crippen MR) is 85.4 cm³/mol. The monoisotopic (exact) mass is 355 g/mol. The number of carbonyl (C=O) groups is 1. The smallest absolute Gasteiger partial charge is 0.359 e. The molecule has 1 aromatic carbocycles. The molecular formula is C15H15Cl2N3O3. The van der Waals surface area contributed by atoms with Gasteiger partial charge in [-0.05, 0) is 55.4 Å². The number of aromatic amines is 1. The fourth-order valence-corrected chi connectivity index (χ4v) is 3.47. The quantitative estimate of drug-likeness (QED) is 0.867. The van der Waals surface area contributed by atoms with Gasteiger partial charge in [0, 0.05) is 10.0 Å². The highest BCUT2D eigenvalue weighted by molar-refractivity contribution is 6.34. The summed E-state index contributed by atoms with van der Waals surface area (Å²) in [6, 6.07) is 5.61. The molecule has 1 aliphatic carbocycles. The van der Waals surface area contributed by atoms with Crippen LogP contribution < -0.4 is 4.74 Å². The lowest BCUT2D eigenvalue weighted by molar-refractivity contribution is 0.0678. The Balaban J connectivity index is 1.62. The van der Waals surface area contributed by atoms with Gasteiger partial charge >= 0.3 is 5.97 Å². The van der Waals surface area contributed by atoms with Crippen molar-refractivity contribution < 1.29 is 14.6 Å². The number of rotatable bonds is 4. The first-order valence-electron chi connectivity index (χ1n) is 7.30. The van der Waals surface area contributed by atoms with Crippen LogP contribution in [0.2, 0.25) is 10.0 Å². The zero-order valence-electron chi connectivity index (χ0n) is 12.1. The topological polar surface area (TPSA) is 88.1 Å². The molecule has 23 heavy (non-hydrogen) atoms. The highest BCUT2D eigenvalue weighted by atomic mass is 35.5. The number of hydrogen-bond acceptors (Lipinski definition) is 4. The second-order valence-corrected chi connectivity index (χ2v) is 6.46. The number of benzene rings is 1. The van der Waals surface area contributed by atoms with Crippen LogP contribution in [0, 0.1) is 0 Å². The van der Waals surface area contributed by atoms with Crippen LogP contribution >= 0.6 is 23.2 Å². The van der Waals surface area contributed by atoms with E-state index in [9.17, 15) is 4.79 Å². The van der Waals surface area contributed by atoms with Crippen LogP contribution in [0.25, 0.3) is 0 Å². The highest BCUT2D eigenvalue weighted by Gasteiger charge is 2.26. The SMILES string of the molecule is O=C(O)c1[nH]nnc1OC1CCC(c2cc(Cl)cc(Cl)c2)CC1. The normalized spacial score (nSPS) is 21.1. The summed E-state index contributed by atoms with van der Waals surface area (Å²) in [6.07, 6.45) is 3.38. The molecule has 0 spiro atoms. The number of nitrogens with zero attached hydrogens (tertiary/aromatic N) is 2. The van der Waals surface area contributed by atoms with Crippen molar-refractivity contribution in [2.45, 2.75) is 37.7 Å². The summed E-state index contributed by atoms with van der Waals surface area (Å²) < 4.78 is 5.68. The number of aromatic nitrogens is 3. The third kappa shape index (κ3) is 3.76. The van der Waals surface area contributed by atoms with Gasteiger partial charge in [-0.2, -0.15) is 0 Å². The molecule has 1 heterocycles. The van der Waals surface area contributed by atoms with Crippen molar-refractivity contribution in [2.75, 3.05) is 0 Å². The molecule has 0 aliphatic heterocycles. The molecular weight excluding hydrogens is 341 g/mol. The van der Waals surface area contributed by atoms with E-state index in [1.165, 1.54) is 0 Å². The Morgan fingerprint density at radius 3 is 2.43 bits per heavy atom. The van der Waals surface area contributed by atoms with E-state index in [0.717, 1.165) is 31.2 Å². The fraction of sp³-hybridized carbons (Fsp3) is 0.400. The largest absolute Gasteiger partial charge is 0.476 e. The van der Waals surface area contributed by atoms with Crippen molar-refractivity contribution in [2.24, 2.45) is 0 Å². The number of halogens is 2. The van der Waals surface area contributed by atoms with E-state index in [1.54, 1.807) is 6.07 Å². The van der Waals surface area contributed by atoms with Crippen molar-refractivity contribution in [3.05, 3.63) is 39.5 Å². The molecule has 1 fully saturated rings. The first-order chi connectivity index (χ1) is 11.0. The molecule has 6 nitrogen and oxygen atoms in total. The second-order valence-electron chi connectivity index (χ2n) is 5.59. The molecule has 0 radical (unpaired) electrons. The minimum absolute atomic E-state index is 0.0479. The maximum Gasteiger partial charge on any atom is 0.359 e. The van der Waals surface area contributed by atoms with Gasteiger partial charge < -0.3 is 9.84 Å². The van der Waals surface area contributed by atoms with E-state index in [1.807, 2.05) is 12.1 Å². The number of carboxylic acids is 1. The summed E-state index contributed by atoms with van der Waals surface area (Å²) in [5.74, 6) is -0.707. The van der Waals surface area contributed by atoms with Gasteiger partial charge in [0.2, 0.25) is 5.69 Å². The Bertz CT molecular complexity index is 691. The molecule has 1 saturated carbocycles. The molecule has 2 N–H and O–H groups in total. The van der Waals surface area contributed by atoms with Crippen molar-refractivity contribution >= 4 is 29.2 Å². The van der Waals surface area contributed by atoms with Crippen LogP contribution in [-0.2, 0) is 0 Å². The van der Waals surface area contributed by atoms with Crippen LogP contribution in [0.1, 0.15) is 47.7 Å². The van der Waals surface area contributed by atoms with Gasteiger partial charge in [-0.1, -0.05) is 33.5 Å². The second kappa shape index (κ2) is 6.76. The Labute approximate surface area is 142 Å². The standard InChI is InChI=1S/C15H15Cl2N3O3/c16-10-5-9(6-11(17)7-10)8-1-3-12(4-2-8)23-14-13(15(21)22)18-20-19-14/h5-8,12H,1-4H2,(H,21,22)(H,18,19,20). The summed E-state index contributed by atoms with van der Waals surface area (Å²) >= 11 is 12.1. The molecule has 8 heteroatoms. The third-order valence-electron chi connectivity index (χ3n) is 4.04. The molecule has 2 aromatic rings. The minimum Gasteiger partial charge on any atom is -0.476 e. The fourth-order valence-electron chi connectivity index (χ4n) is 2.92. The van der Waals surface area contributed by atoms with Crippen molar-refractivity contribution in [1.29, 1.82) is 0 Å². The van der Waals surface area contributed by atoms with E-state index < -0.39 is 5.97 Å². The summed E-state index contributed by atoms with van der Waals surface area (Å²) in [6.45, 7) is 0. The predicted octanol–water partition coefficient (Wildman–Crippen LogP) is 3.91. The molecule has 0 bridgehead atoms. The number of carboxylic acid groups (broad SMARTS) is 1. The molecule has 0 unspecified atom stereocenters. The zero-order chi connectivity index (χ0) is 16.4. The molecule has 3 rings (SSSR count). The number of ether oxygens (including phenoxy) is 1. The number of H-pyrrole nitrogens is 1. The Morgan fingerprint density at radius 2 is 1.83 bits per heavy atom. The molecule has 0 amide bonds. The zero-order valence-corrected chi connectivity index (χ0v) is 13.6. The van der Waals surface area contributed by atoms with Gasteiger partial charge in [0.25, 0.3) is 5.88 Å². The lowest BCUT2D eigenvalue weighted by atomic mass is 9.83. The van der Waals surface area contributed by atoms with Crippen LogP contribution in [-0.4, -0.2) is 32.6 Å². The van der Waals surface area contributed by atoms with Crippen LogP contribution in [0.4, 0.5) is 0 Å². The first kappa shape index (κ1) is 16.1. The van der Waals surface area contributed by atoms with Crippen molar-refractivity contribution in [1.82, 2.24) is 15.4 Å². The Kier molecular flexibility index (Phi) is 4.73. The molecule has 1 aromatic heterocycles. The van der Waals surface area contributed by atoms with E-state index in [-0.39, 0.29) is 17.7 Å². The van der Waals surface area contributed by atoms with Crippen molar-refractivity contribution in [3.63, 3.8) is 0 Å². The van der Waals surface area contributed by atoms with Gasteiger partial charge in [-0.25, -0.2) is 9.89 Å². The number of hydrogen-bond donors (Lipinski definition) is 2. The van der Waals surface area contributed by atoms with Gasteiger partial charge in [-0.15, -0.1) is 0 Å². The Morgan fingerprint density at radius 1 is 1.17 bits per heavy atom. The van der Waals surface area contributed by atoms with Crippen LogP contribution in [0.15, 0.2) is 18.2 Å². The van der Waals surface area contributed by atoms with Crippen LogP contribution in [0.5, 0.6) is 5.88 Å². The van der Waals surface area contributed by atoms with Gasteiger partial charge in [0.05, 0.1) is 0 Å². The molecule has 122 valence electrons. The maximum absolute atomic E-state index is 11.0. The third-order valence-corrected chi connectivity index (χ3v) is 4.48. The van der Waals surface area contributed by atoms with E-state index in [4.69, 9.17) is 33.0 Å². The first-order valence-corrected chi connectivity index (χ1v) is 8.05. The summed E-state index contributed by atoms with van der Waals surface area (Å²) in [5.41, 5.74) is 1.02. The summed E-state index contributed by atoms with van der Waals surface area (Å²) in [7, 11) is 0. The average Bonchev–Trinajstić information content (AvgIpc) is 2.95. The molecule has 1 aliphatic rings. The van der Waals surface area contributed by atoms with Crippen LogP contribution in [0.3, 0.4) is 0 Å². The lowest BCUT2D eigenvalue weighted by Crippen LogP contribution is -2.24. The Hall–Kier alpha value is -1.79. The number of aromatic carboxylic acids is 1. The highest BCUT2D eigenvalue weighted by Crippen LogP contribution is 2.36. The molecule has 0 atom stereocenters. The maximum atomic E-state index is 11.0. The van der Waals surface area contributed by atoms with E-state index in [0.29, 0.717) is 16.0 Å². The molecule has 0 saturated heterocycles. The van der Waals surface area contributed by atoms with Gasteiger partial charge in [0.1, 0.15) is 6.10 Å².